The van der Waals surface area contributed by atoms with Gasteiger partial charge in [0, 0.05) is 0 Å². The standard InChI is InChI=1S/C15H24O2/c1-3-5-6-7-13-8-10-15(11-9-13)17-12-14(16)4-2/h8-11,14,16H,3-7,12H2,1-2H3. The molecular formula is C15H24O2. The Hall–Kier alpha value is -1.02. The first-order valence-electron chi connectivity index (χ1n) is 6.66. The minimum atomic E-state index is -0.362. The Morgan fingerprint density at radius 1 is 1.12 bits per heavy atom. The molecule has 2 heteroatoms. The number of rotatable bonds is 8. The van der Waals surface area contributed by atoms with Crippen LogP contribution in [0.15, 0.2) is 24.3 Å². The largest absolute Gasteiger partial charge is 0.491 e. The van der Waals surface area contributed by atoms with Gasteiger partial charge in [-0.1, -0.05) is 38.8 Å². The molecule has 0 aromatic heterocycles. The smallest absolute Gasteiger partial charge is 0.119 e. The van der Waals surface area contributed by atoms with Crippen LogP contribution in [-0.2, 0) is 6.42 Å². The Bertz CT molecular complexity index is 292. The van der Waals surface area contributed by atoms with E-state index in [0.717, 1.165) is 18.6 Å². The van der Waals surface area contributed by atoms with Crippen molar-refractivity contribution < 1.29 is 9.84 Å². The maximum absolute atomic E-state index is 9.39. The van der Waals surface area contributed by atoms with Crippen LogP contribution in [0.2, 0.25) is 0 Å². The number of aliphatic hydroxyl groups is 1. The molecule has 0 aliphatic rings. The van der Waals surface area contributed by atoms with Gasteiger partial charge in [-0.25, -0.2) is 0 Å². The molecule has 0 spiro atoms. The molecule has 0 bridgehead atoms. The van der Waals surface area contributed by atoms with Crippen molar-refractivity contribution in [3.63, 3.8) is 0 Å². The number of hydrogen-bond acceptors (Lipinski definition) is 2. The monoisotopic (exact) mass is 236 g/mol. The summed E-state index contributed by atoms with van der Waals surface area (Å²) >= 11 is 0. The van der Waals surface area contributed by atoms with Gasteiger partial charge in [0.15, 0.2) is 0 Å². The van der Waals surface area contributed by atoms with Crippen molar-refractivity contribution in [3.05, 3.63) is 29.8 Å². The minimum absolute atomic E-state index is 0.362. The van der Waals surface area contributed by atoms with Crippen molar-refractivity contribution in [3.8, 4) is 5.75 Å². The normalized spacial score (nSPS) is 12.4. The molecule has 1 atom stereocenters. The fraction of sp³-hybridized carbons (Fsp3) is 0.600. The first-order chi connectivity index (χ1) is 8.26. The van der Waals surface area contributed by atoms with Gasteiger partial charge in [0.05, 0.1) is 6.10 Å². The summed E-state index contributed by atoms with van der Waals surface area (Å²) in [6.45, 7) is 4.55. The molecule has 0 aliphatic carbocycles. The average Bonchev–Trinajstić information content (AvgIpc) is 2.37. The molecule has 0 amide bonds. The highest BCUT2D eigenvalue weighted by atomic mass is 16.5. The molecule has 1 N–H and O–H groups in total. The summed E-state index contributed by atoms with van der Waals surface area (Å²) in [5.74, 6) is 0.844. The van der Waals surface area contributed by atoms with Crippen LogP contribution in [0.5, 0.6) is 5.75 Å². The number of hydrogen-bond donors (Lipinski definition) is 1. The van der Waals surface area contributed by atoms with Gasteiger partial charge in [0.1, 0.15) is 12.4 Å². The summed E-state index contributed by atoms with van der Waals surface area (Å²) in [5.41, 5.74) is 1.36. The quantitative estimate of drug-likeness (QED) is 0.699. The van der Waals surface area contributed by atoms with Crippen LogP contribution in [0.25, 0.3) is 0 Å². The van der Waals surface area contributed by atoms with E-state index in [9.17, 15) is 5.11 Å². The van der Waals surface area contributed by atoms with E-state index < -0.39 is 0 Å². The molecule has 0 saturated carbocycles. The summed E-state index contributed by atoms with van der Waals surface area (Å²) < 4.78 is 5.49. The Balaban J connectivity index is 2.34. The summed E-state index contributed by atoms with van der Waals surface area (Å²) in [4.78, 5) is 0. The van der Waals surface area contributed by atoms with Gasteiger partial charge in [0.25, 0.3) is 0 Å². The van der Waals surface area contributed by atoms with Crippen LogP contribution in [0, 0.1) is 0 Å². The van der Waals surface area contributed by atoms with Crippen molar-refractivity contribution >= 4 is 0 Å². The van der Waals surface area contributed by atoms with E-state index in [1.165, 1.54) is 24.8 Å². The van der Waals surface area contributed by atoms with Gasteiger partial charge >= 0.3 is 0 Å². The molecule has 0 heterocycles. The van der Waals surface area contributed by atoms with E-state index in [4.69, 9.17) is 4.74 Å². The molecule has 0 saturated heterocycles. The topological polar surface area (TPSA) is 29.5 Å². The average molecular weight is 236 g/mol. The highest BCUT2D eigenvalue weighted by Gasteiger charge is 2.01. The van der Waals surface area contributed by atoms with Crippen LogP contribution in [0.1, 0.15) is 45.1 Å². The molecule has 0 fully saturated rings. The van der Waals surface area contributed by atoms with Crippen LogP contribution in [0.4, 0.5) is 0 Å². The molecule has 0 aliphatic heterocycles. The second-order valence-corrected chi connectivity index (χ2v) is 4.47. The SMILES string of the molecule is CCCCCc1ccc(OCC(O)CC)cc1. The Morgan fingerprint density at radius 2 is 1.82 bits per heavy atom. The predicted octanol–water partition coefficient (Wildman–Crippen LogP) is 3.57. The first-order valence-corrected chi connectivity index (χ1v) is 6.66. The summed E-state index contributed by atoms with van der Waals surface area (Å²) in [7, 11) is 0. The molecule has 0 radical (unpaired) electrons. The lowest BCUT2D eigenvalue weighted by atomic mass is 10.1. The molecule has 1 aromatic rings. The highest BCUT2D eigenvalue weighted by molar-refractivity contribution is 5.27. The zero-order valence-electron chi connectivity index (χ0n) is 11.0. The predicted molar refractivity (Wildman–Crippen MR) is 71.5 cm³/mol. The highest BCUT2D eigenvalue weighted by Crippen LogP contribution is 2.14. The lowest BCUT2D eigenvalue weighted by Crippen LogP contribution is -2.15. The van der Waals surface area contributed by atoms with Crippen LogP contribution in [0.3, 0.4) is 0 Å². The van der Waals surface area contributed by atoms with Gasteiger partial charge in [-0.2, -0.15) is 0 Å². The van der Waals surface area contributed by atoms with E-state index in [1.54, 1.807) is 0 Å². The first kappa shape index (κ1) is 14.0. The maximum Gasteiger partial charge on any atom is 0.119 e. The third-order valence-electron chi connectivity index (χ3n) is 2.91. The van der Waals surface area contributed by atoms with E-state index in [-0.39, 0.29) is 6.10 Å². The number of aliphatic hydroxyl groups excluding tert-OH is 1. The fourth-order valence-corrected chi connectivity index (χ4v) is 1.64. The number of benzene rings is 1. The van der Waals surface area contributed by atoms with Gasteiger partial charge in [0.2, 0.25) is 0 Å². The number of ether oxygens (including phenoxy) is 1. The van der Waals surface area contributed by atoms with Crippen molar-refractivity contribution in [1.29, 1.82) is 0 Å². The Labute approximate surface area is 105 Å². The Kier molecular flexibility index (Phi) is 6.71. The fourth-order valence-electron chi connectivity index (χ4n) is 1.64. The van der Waals surface area contributed by atoms with Crippen molar-refractivity contribution in [2.24, 2.45) is 0 Å². The zero-order chi connectivity index (χ0) is 12.5. The van der Waals surface area contributed by atoms with Crippen LogP contribution >= 0.6 is 0 Å². The second-order valence-electron chi connectivity index (χ2n) is 4.47. The summed E-state index contributed by atoms with van der Waals surface area (Å²) in [6.07, 6.45) is 5.32. The third-order valence-corrected chi connectivity index (χ3v) is 2.91. The molecule has 2 nitrogen and oxygen atoms in total. The maximum atomic E-state index is 9.39. The summed E-state index contributed by atoms with van der Waals surface area (Å²) in [6, 6.07) is 8.21. The van der Waals surface area contributed by atoms with E-state index >= 15 is 0 Å². The number of unbranched alkanes of at least 4 members (excludes halogenated alkanes) is 2. The van der Waals surface area contributed by atoms with Gasteiger partial charge < -0.3 is 9.84 Å². The van der Waals surface area contributed by atoms with Gasteiger partial charge in [-0.05, 0) is 37.0 Å². The van der Waals surface area contributed by atoms with Crippen LogP contribution in [-0.4, -0.2) is 17.8 Å². The Morgan fingerprint density at radius 3 is 2.41 bits per heavy atom. The molecular weight excluding hydrogens is 212 g/mol. The van der Waals surface area contributed by atoms with Crippen molar-refractivity contribution in [2.75, 3.05) is 6.61 Å². The molecule has 96 valence electrons. The molecule has 1 unspecified atom stereocenters. The van der Waals surface area contributed by atoms with Gasteiger partial charge in [-0.3, -0.25) is 0 Å². The molecule has 17 heavy (non-hydrogen) atoms. The van der Waals surface area contributed by atoms with E-state index in [0.29, 0.717) is 6.61 Å². The molecule has 1 rings (SSSR count). The lowest BCUT2D eigenvalue weighted by molar-refractivity contribution is 0.104. The van der Waals surface area contributed by atoms with E-state index in [2.05, 4.69) is 19.1 Å². The summed E-state index contributed by atoms with van der Waals surface area (Å²) in [5, 5.41) is 9.39. The third kappa shape index (κ3) is 5.73. The van der Waals surface area contributed by atoms with E-state index in [1.807, 2.05) is 19.1 Å². The van der Waals surface area contributed by atoms with Crippen molar-refractivity contribution in [2.45, 2.75) is 52.1 Å². The van der Waals surface area contributed by atoms with Crippen LogP contribution < -0.4 is 4.74 Å². The second kappa shape index (κ2) is 8.13. The minimum Gasteiger partial charge on any atom is -0.491 e. The lowest BCUT2D eigenvalue weighted by Gasteiger charge is -2.10. The number of aryl methyl sites for hydroxylation is 1. The van der Waals surface area contributed by atoms with Crippen molar-refractivity contribution in [1.82, 2.24) is 0 Å². The molecule has 1 aromatic carbocycles. The van der Waals surface area contributed by atoms with Gasteiger partial charge in [-0.15, -0.1) is 0 Å². The zero-order valence-corrected chi connectivity index (χ0v) is 11.0.